The maximum atomic E-state index is 8.86. The number of ether oxygens (including phenoxy) is 1. The molecule has 0 saturated carbocycles. The van der Waals surface area contributed by atoms with Gasteiger partial charge in [0.2, 0.25) is 0 Å². The van der Waals surface area contributed by atoms with Crippen LogP contribution < -0.4 is 10.1 Å². The molecule has 0 fully saturated rings. The molecule has 0 spiro atoms. The highest BCUT2D eigenvalue weighted by Gasteiger charge is 2.08. The van der Waals surface area contributed by atoms with Gasteiger partial charge in [0.25, 0.3) is 0 Å². The van der Waals surface area contributed by atoms with Crippen LogP contribution in [0.2, 0.25) is 0 Å². The van der Waals surface area contributed by atoms with Crippen molar-refractivity contribution in [3.63, 3.8) is 0 Å². The third-order valence-electron chi connectivity index (χ3n) is 2.94. The Bertz CT molecular complexity index is 551. The van der Waals surface area contributed by atoms with Crippen LogP contribution in [-0.2, 0) is 6.54 Å². The first kappa shape index (κ1) is 13.6. The predicted octanol–water partition coefficient (Wildman–Crippen LogP) is 2.49. The Balaban J connectivity index is 2.35. The Morgan fingerprint density at radius 2 is 2.05 bits per heavy atom. The third-order valence-corrected chi connectivity index (χ3v) is 2.94. The van der Waals surface area contributed by atoms with Crippen molar-refractivity contribution in [1.29, 1.82) is 0 Å². The van der Waals surface area contributed by atoms with Gasteiger partial charge in [-0.25, -0.2) is 0 Å². The molecular weight excluding hydrogens is 238 g/mol. The van der Waals surface area contributed by atoms with E-state index in [0.717, 1.165) is 11.3 Å². The Hall–Kier alpha value is -1.84. The number of aliphatic hydroxyl groups excluding tert-OH is 1. The predicted molar refractivity (Wildman–Crippen MR) is 78.4 cm³/mol. The Labute approximate surface area is 113 Å². The van der Waals surface area contributed by atoms with Crippen LogP contribution in [0.5, 0.6) is 5.75 Å². The second-order valence-corrected chi connectivity index (χ2v) is 4.26. The van der Waals surface area contributed by atoms with E-state index < -0.39 is 0 Å². The number of hydrogen-bond acceptors (Lipinski definition) is 3. The van der Waals surface area contributed by atoms with Crippen LogP contribution in [0.4, 0.5) is 0 Å². The number of fused-ring (bicyclic) bond motifs is 1. The number of rotatable bonds is 7. The lowest BCUT2D eigenvalue weighted by molar-refractivity contribution is 0.291. The maximum Gasteiger partial charge on any atom is 0.124 e. The zero-order valence-corrected chi connectivity index (χ0v) is 10.9. The van der Waals surface area contributed by atoms with Gasteiger partial charge in [-0.2, -0.15) is 0 Å². The van der Waals surface area contributed by atoms with Crippen LogP contribution in [0.1, 0.15) is 5.56 Å². The van der Waals surface area contributed by atoms with Crippen molar-refractivity contribution < 1.29 is 9.84 Å². The molecule has 0 unspecified atom stereocenters. The molecular formula is C16H19NO2. The SMILES string of the molecule is C=CCOc1ccc2ccccc2c1CNCCO. The highest BCUT2D eigenvalue weighted by molar-refractivity contribution is 5.87. The highest BCUT2D eigenvalue weighted by atomic mass is 16.5. The van der Waals surface area contributed by atoms with Gasteiger partial charge in [0.15, 0.2) is 0 Å². The van der Waals surface area contributed by atoms with E-state index in [1.54, 1.807) is 6.08 Å². The summed E-state index contributed by atoms with van der Waals surface area (Å²) in [6.07, 6.45) is 1.74. The Morgan fingerprint density at radius 1 is 1.21 bits per heavy atom. The fourth-order valence-electron chi connectivity index (χ4n) is 2.07. The molecule has 0 heterocycles. The molecule has 0 saturated heterocycles. The van der Waals surface area contributed by atoms with Crippen LogP contribution >= 0.6 is 0 Å². The molecule has 3 heteroatoms. The Kier molecular flexibility index (Phi) is 4.95. The van der Waals surface area contributed by atoms with E-state index in [1.807, 2.05) is 18.2 Å². The summed E-state index contributed by atoms with van der Waals surface area (Å²) in [5, 5.41) is 14.4. The second kappa shape index (κ2) is 6.92. The summed E-state index contributed by atoms with van der Waals surface area (Å²) in [5.74, 6) is 0.865. The minimum Gasteiger partial charge on any atom is -0.489 e. The molecule has 100 valence electrons. The van der Waals surface area contributed by atoms with Crippen molar-refractivity contribution in [2.75, 3.05) is 19.8 Å². The third kappa shape index (κ3) is 3.34. The quantitative estimate of drug-likeness (QED) is 0.591. The van der Waals surface area contributed by atoms with E-state index in [0.29, 0.717) is 19.7 Å². The van der Waals surface area contributed by atoms with Crippen LogP contribution in [0.3, 0.4) is 0 Å². The topological polar surface area (TPSA) is 41.5 Å². The van der Waals surface area contributed by atoms with Crippen LogP contribution in [0, 0.1) is 0 Å². The zero-order valence-electron chi connectivity index (χ0n) is 10.9. The van der Waals surface area contributed by atoms with E-state index in [4.69, 9.17) is 9.84 Å². The van der Waals surface area contributed by atoms with Crippen molar-refractivity contribution in [2.45, 2.75) is 6.54 Å². The molecule has 0 aromatic heterocycles. The largest absolute Gasteiger partial charge is 0.489 e. The molecule has 2 aromatic rings. The van der Waals surface area contributed by atoms with Gasteiger partial charge >= 0.3 is 0 Å². The first-order chi connectivity index (χ1) is 9.36. The smallest absolute Gasteiger partial charge is 0.124 e. The van der Waals surface area contributed by atoms with Gasteiger partial charge in [-0.3, -0.25) is 0 Å². The lowest BCUT2D eigenvalue weighted by Gasteiger charge is -2.14. The number of aliphatic hydroxyl groups is 1. The molecule has 19 heavy (non-hydrogen) atoms. The number of nitrogens with one attached hydrogen (secondary N) is 1. The molecule has 0 aliphatic rings. The molecule has 0 radical (unpaired) electrons. The number of benzene rings is 2. The van der Waals surface area contributed by atoms with Crippen molar-refractivity contribution >= 4 is 10.8 Å². The highest BCUT2D eigenvalue weighted by Crippen LogP contribution is 2.28. The summed E-state index contributed by atoms with van der Waals surface area (Å²) in [4.78, 5) is 0. The first-order valence-corrected chi connectivity index (χ1v) is 6.42. The summed E-state index contributed by atoms with van der Waals surface area (Å²) in [7, 11) is 0. The lowest BCUT2D eigenvalue weighted by atomic mass is 10.0. The molecule has 0 aliphatic heterocycles. The van der Waals surface area contributed by atoms with Gasteiger partial charge in [0, 0.05) is 18.7 Å². The van der Waals surface area contributed by atoms with E-state index in [9.17, 15) is 0 Å². The van der Waals surface area contributed by atoms with Crippen LogP contribution in [-0.4, -0.2) is 24.9 Å². The van der Waals surface area contributed by atoms with Crippen LogP contribution in [0.15, 0.2) is 49.1 Å². The normalized spacial score (nSPS) is 10.6. The molecule has 2 N–H and O–H groups in total. The lowest BCUT2D eigenvalue weighted by Crippen LogP contribution is -2.18. The van der Waals surface area contributed by atoms with Crippen molar-refractivity contribution in [1.82, 2.24) is 5.32 Å². The summed E-state index contributed by atoms with van der Waals surface area (Å²) >= 11 is 0. The van der Waals surface area contributed by atoms with Gasteiger partial charge in [-0.15, -0.1) is 0 Å². The zero-order chi connectivity index (χ0) is 13.5. The van der Waals surface area contributed by atoms with Crippen LogP contribution in [0.25, 0.3) is 10.8 Å². The maximum absolute atomic E-state index is 8.86. The van der Waals surface area contributed by atoms with E-state index in [2.05, 4.69) is 30.1 Å². The minimum atomic E-state index is 0.133. The molecule has 0 amide bonds. The molecule has 2 rings (SSSR count). The summed E-state index contributed by atoms with van der Waals surface area (Å²) in [6.45, 7) is 5.54. The minimum absolute atomic E-state index is 0.133. The number of hydrogen-bond donors (Lipinski definition) is 2. The average Bonchev–Trinajstić information content (AvgIpc) is 2.46. The van der Waals surface area contributed by atoms with E-state index in [-0.39, 0.29) is 6.61 Å². The molecule has 0 aliphatic carbocycles. The van der Waals surface area contributed by atoms with Crippen molar-refractivity contribution in [3.8, 4) is 5.75 Å². The van der Waals surface area contributed by atoms with Crippen molar-refractivity contribution in [2.24, 2.45) is 0 Å². The molecule has 0 atom stereocenters. The standard InChI is InChI=1S/C16H19NO2/c1-2-11-19-16-8-7-13-5-3-4-6-14(13)15(16)12-17-9-10-18/h2-8,17-18H,1,9-12H2. The monoisotopic (exact) mass is 257 g/mol. The summed E-state index contributed by atoms with van der Waals surface area (Å²) < 4.78 is 5.70. The van der Waals surface area contributed by atoms with Gasteiger partial charge in [-0.05, 0) is 16.8 Å². The average molecular weight is 257 g/mol. The molecule has 3 nitrogen and oxygen atoms in total. The molecule has 0 bridgehead atoms. The van der Waals surface area contributed by atoms with Gasteiger partial charge in [0.05, 0.1) is 6.61 Å². The van der Waals surface area contributed by atoms with E-state index in [1.165, 1.54) is 10.8 Å². The van der Waals surface area contributed by atoms with Crippen molar-refractivity contribution in [3.05, 3.63) is 54.6 Å². The fraction of sp³-hybridized carbons (Fsp3) is 0.250. The summed E-state index contributed by atoms with van der Waals surface area (Å²) in [5.41, 5.74) is 1.12. The first-order valence-electron chi connectivity index (χ1n) is 6.42. The fourth-order valence-corrected chi connectivity index (χ4v) is 2.07. The molecule has 2 aromatic carbocycles. The van der Waals surface area contributed by atoms with Gasteiger partial charge < -0.3 is 15.2 Å². The summed E-state index contributed by atoms with van der Waals surface area (Å²) in [6, 6.07) is 12.3. The van der Waals surface area contributed by atoms with E-state index >= 15 is 0 Å². The van der Waals surface area contributed by atoms with Gasteiger partial charge in [0.1, 0.15) is 12.4 Å². The van der Waals surface area contributed by atoms with Gasteiger partial charge in [-0.1, -0.05) is 43.0 Å². The Morgan fingerprint density at radius 3 is 2.84 bits per heavy atom. The second-order valence-electron chi connectivity index (χ2n) is 4.26.